The number of allylic oxidation sites excluding steroid dienone is 12. The molecule has 0 saturated heterocycles. The van der Waals surface area contributed by atoms with E-state index in [1.54, 1.807) is 0 Å². The van der Waals surface area contributed by atoms with E-state index in [9.17, 15) is 14.3 Å². The van der Waals surface area contributed by atoms with Gasteiger partial charge in [0.25, 0.3) is 7.82 Å². The Morgan fingerprint density at radius 3 is 1.67 bits per heavy atom. The first-order valence-corrected chi connectivity index (χ1v) is 21.1. The number of unbranched alkanes of at least 4 members (excludes halogenated alkanes) is 9. The van der Waals surface area contributed by atoms with E-state index < -0.39 is 13.9 Å². The van der Waals surface area contributed by atoms with Crippen LogP contribution >= 0.6 is 7.82 Å². The molecule has 9 heteroatoms. The Kier molecular flexibility index (Phi) is 33.6. The van der Waals surface area contributed by atoms with Gasteiger partial charge in [-0.2, -0.15) is 0 Å². The lowest BCUT2D eigenvalue weighted by Crippen LogP contribution is -2.37. The molecule has 0 spiro atoms. The second-order valence-corrected chi connectivity index (χ2v) is 15.3. The van der Waals surface area contributed by atoms with Gasteiger partial charge in [-0.05, 0) is 64.2 Å². The van der Waals surface area contributed by atoms with Crippen LogP contribution in [0.4, 0.5) is 0 Å². The van der Waals surface area contributed by atoms with Crippen molar-refractivity contribution in [2.24, 2.45) is 0 Å². The summed E-state index contributed by atoms with van der Waals surface area (Å²) in [7, 11) is 1.31. The molecule has 0 amide bonds. The van der Waals surface area contributed by atoms with Crippen LogP contribution in [0, 0.1) is 0 Å². The van der Waals surface area contributed by atoms with Crippen LogP contribution < -0.4 is 4.89 Å². The van der Waals surface area contributed by atoms with Crippen LogP contribution in [0.2, 0.25) is 0 Å². The van der Waals surface area contributed by atoms with E-state index in [0.717, 1.165) is 64.2 Å². The molecule has 0 bridgehead atoms. The van der Waals surface area contributed by atoms with E-state index in [1.807, 2.05) is 21.1 Å². The van der Waals surface area contributed by atoms with Crippen LogP contribution in [0.25, 0.3) is 0 Å². The Morgan fingerprint density at radius 2 is 1.14 bits per heavy atom. The highest BCUT2D eigenvalue weighted by molar-refractivity contribution is 7.45. The molecule has 0 aromatic carbocycles. The molecule has 0 rings (SSSR count). The molecule has 0 aromatic rings. The van der Waals surface area contributed by atoms with Crippen LogP contribution in [0.1, 0.15) is 129 Å². The summed E-state index contributed by atoms with van der Waals surface area (Å²) in [5, 5.41) is 0. The molecule has 8 nitrogen and oxygen atoms in total. The lowest BCUT2D eigenvalue weighted by atomic mass is 10.1. The van der Waals surface area contributed by atoms with Gasteiger partial charge in [0, 0.05) is 13.0 Å². The number of esters is 1. The minimum atomic E-state index is -4.53. The number of rotatable bonds is 35. The van der Waals surface area contributed by atoms with Crippen molar-refractivity contribution in [1.82, 2.24) is 0 Å². The Balaban J connectivity index is 4.33. The lowest BCUT2D eigenvalue weighted by molar-refractivity contribution is -0.870. The molecular weight excluding hydrogens is 661 g/mol. The van der Waals surface area contributed by atoms with Gasteiger partial charge in [-0.25, -0.2) is 0 Å². The number of hydrogen-bond acceptors (Lipinski definition) is 7. The molecular formula is C42H74NO7P. The van der Waals surface area contributed by atoms with E-state index in [0.29, 0.717) is 24.1 Å². The van der Waals surface area contributed by atoms with E-state index in [1.165, 1.54) is 38.5 Å². The van der Waals surface area contributed by atoms with Crippen LogP contribution in [0.15, 0.2) is 72.9 Å². The quantitative estimate of drug-likeness (QED) is 0.0210. The molecule has 51 heavy (non-hydrogen) atoms. The normalized spacial score (nSPS) is 14.7. The van der Waals surface area contributed by atoms with Gasteiger partial charge in [0.15, 0.2) is 0 Å². The zero-order valence-corrected chi connectivity index (χ0v) is 33.9. The van der Waals surface area contributed by atoms with Gasteiger partial charge in [0.1, 0.15) is 19.3 Å². The van der Waals surface area contributed by atoms with Crippen LogP contribution in [-0.4, -0.2) is 70.7 Å². The molecule has 0 saturated carbocycles. The molecule has 294 valence electrons. The summed E-state index contributed by atoms with van der Waals surface area (Å²) in [6.45, 7) is 5.18. The highest BCUT2D eigenvalue weighted by Crippen LogP contribution is 2.38. The first-order valence-electron chi connectivity index (χ1n) is 19.7. The number of carbonyl (C=O) groups excluding carboxylic acids is 1. The summed E-state index contributed by atoms with van der Waals surface area (Å²) in [6, 6.07) is 0. The first-order chi connectivity index (χ1) is 24.6. The maximum atomic E-state index is 12.6. The van der Waals surface area contributed by atoms with Crippen molar-refractivity contribution in [1.29, 1.82) is 0 Å². The first kappa shape index (κ1) is 48.9. The van der Waals surface area contributed by atoms with Gasteiger partial charge in [0.2, 0.25) is 0 Å². The number of nitrogens with zero attached hydrogens (tertiary/aromatic N) is 1. The average molecular weight is 736 g/mol. The Labute approximate surface area is 312 Å². The Bertz CT molecular complexity index is 1040. The molecule has 0 radical (unpaired) electrons. The highest BCUT2D eigenvalue weighted by Gasteiger charge is 2.20. The van der Waals surface area contributed by atoms with E-state index >= 15 is 0 Å². The third kappa shape index (κ3) is 39.0. The Morgan fingerprint density at radius 1 is 0.627 bits per heavy atom. The molecule has 2 unspecified atom stereocenters. The summed E-state index contributed by atoms with van der Waals surface area (Å²) in [5.41, 5.74) is 0. The van der Waals surface area contributed by atoms with Crippen molar-refractivity contribution in [2.45, 2.75) is 136 Å². The third-order valence-electron chi connectivity index (χ3n) is 7.77. The van der Waals surface area contributed by atoms with Crippen molar-refractivity contribution in [3.05, 3.63) is 72.9 Å². The topological polar surface area (TPSA) is 94.1 Å². The maximum absolute atomic E-state index is 12.6. The van der Waals surface area contributed by atoms with Crippen LogP contribution in [0.5, 0.6) is 0 Å². The number of quaternary nitrogens is 1. The summed E-state index contributed by atoms with van der Waals surface area (Å²) in [4.78, 5) is 24.9. The molecule has 0 aromatic heterocycles. The second kappa shape index (κ2) is 35.0. The number of phosphoric ester groups is 1. The number of likely N-dealkylation sites (N-methyl/N-ethyl adjacent to an activating group) is 1. The molecule has 0 aliphatic carbocycles. The third-order valence-corrected chi connectivity index (χ3v) is 8.74. The molecule has 0 heterocycles. The van der Waals surface area contributed by atoms with Gasteiger partial charge in [0.05, 0.1) is 34.4 Å². The fraction of sp³-hybridized carbons (Fsp3) is 0.690. The molecule has 2 atom stereocenters. The fourth-order valence-corrected chi connectivity index (χ4v) is 5.45. The zero-order chi connectivity index (χ0) is 37.7. The summed E-state index contributed by atoms with van der Waals surface area (Å²) >= 11 is 0. The van der Waals surface area contributed by atoms with Crippen molar-refractivity contribution in [3.63, 3.8) is 0 Å². The smallest absolute Gasteiger partial charge is 0.306 e. The van der Waals surface area contributed by atoms with Crippen molar-refractivity contribution in [2.75, 3.05) is 54.1 Å². The molecule has 0 fully saturated rings. The largest absolute Gasteiger partial charge is 0.756 e. The summed E-state index contributed by atoms with van der Waals surface area (Å²) in [5.74, 6) is -0.381. The predicted molar refractivity (Wildman–Crippen MR) is 212 cm³/mol. The number of ether oxygens (including phenoxy) is 2. The fourth-order valence-electron chi connectivity index (χ4n) is 4.72. The number of carbonyl (C=O) groups is 1. The van der Waals surface area contributed by atoms with E-state index in [-0.39, 0.29) is 32.2 Å². The Hall–Kier alpha value is -2.06. The maximum Gasteiger partial charge on any atom is 0.306 e. The predicted octanol–water partition coefficient (Wildman–Crippen LogP) is 10.5. The minimum Gasteiger partial charge on any atom is -0.756 e. The van der Waals surface area contributed by atoms with Gasteiger partial charge >= 0.3 is 5.97 Å². The second-order valence-electron chi connectivity index (χ2n) is 13.9. The van der Waals surface area contributed by atoms with Gasteiger partial charge in [-0.1, -0.05) is 132 Å². The molecule has 0 aliphatic rings. The monoisotopic (exact) mass is 736 g/mol. The molecule has 0 aliphatic heterocycles. The van der Waals surface area contributed by atoms with Crippen molar-refractivity contribution in [3.8, 4) is 0 Å². The SMILES string of the molecule is CC/C=C\C/C=C\C/C=C\C/C=C\C/C=C\C/C=C\CCCCC(=O)OC(COCCCCCCCCCC)COP(=O)([O-])OCC[N+](C)(C)C. The van der Waals surface area contributed by atoms with Crippen LogP contribution in [-0.2, 0) is 27.9 Å². The zero-order valence-electron chi connectivity index (χ0n) is 33.0. The van der Waals surface area contributed by atoms with Gasteiger partial charge in [-0.15, -0.1) is 0 Å². The van der Waals surface area contributed by atoms with E-state index in [2.05, 4.69) is 86.8 Å². The number of phosphoric acid groups is 1. The minimum absolute atomic E-state index is 0.0143. The number of hydrogen-bond donors (Lipinski definition) is 0. The van der Waals surface area contributed by atoms with Crippen molar-refractivity contribution >= 4 is 13.8 Å². The summed E-state index contributed by atoms with van der Waals surface area (Å²) < 4.78 is 34.3. The van der Waals surface area contributed by atoms with Crippen LogP contribution in [0.3, 0.4) is 0 Å². The lowest BCUT2D eigenvalue weighted by Gasteiger charge is -2.28. The van der Waals surface area contributed by atoms with Gasteiger partial charge in [-0.3, -0.25) is 9.36 Å². The highest BCUT2D eigenvalue weighted by atomic mass is 31.2. The van der Waals surface area contributed by atoms with E-state index in [4.69, 9.17) is 18.5 Å². The standard InChI is InChI=1S/C42H74NO7P/c1-6-8-10-12-14-16-17-18-19-20-21-22-23-24-25-26-27-28-29-31-33-35-42(44)50-41(39-47-37-34-32-30-15-13-11-9-7-2)40-49-51(45,46)48-38-36-43(3,4)5/h8,10,14,16,18-19,21-22,24-25,27-28,41H,6-7,9,11-13,15,17,20,23,26,29-40H2,1-5H3/b10-8-,16-14-,19-18-,22-21-,25-24-,28-27-. The average Bonchev–Trinajstić information content (AvgIpc) is 3.08. The van der Waals surface area contributed by atoms with Gasteiger partial charge < -0.3 is 27.9 Å². The molecule has 0 N–H and O–H groups in total. The van der Waals surface area contributed by atoms with Crippen molar-refractivity contribution < 1.29 is 37.3 Å². The summed E-state index contributed by atoms with van der Waals surface area (Å²) in [6.07, 6.45) is 43.5.